The van der Waals surface area contributed by atoms with Gasteiger partial charge in [0.1, 0.15) is 0 Å². The minimum Gasteiger partial charge on any atom is -0.394 e. The number of hydrogen-bond donors (Lipinski definition) is 3. The normalized spacial score (nSPS) is 23.0. The molecule has 90 valence electrons. The van der Waals surface area contributed by atoms with Crippen molar-refractivity contribution in [1.29, 1.82) is 0 Å². The van der Waals surface area contributed by atoms with E-state index in [0.29, 0.717) is 13.2 Å². The lowest BCUT2D eigenvalue weighted by molar-refractivity contribution is -0.255. The van der Waals surface area contributed by atoms with Gasteiger partial charge in [-0.2, -0.15) is 0 Å². The second-order valence-corrected chi connectivity index (χ2v) is 4.74. The number of hydrogen-bond acceptors (Lipinski definition) is 5. The van der Waals surface area contributed by atoms with Gasteiger partial charge in [0, 0.05) is 0 Å². The van der Waals surface area contributed by atoms with Crippen LogP contribution in [-0.4, -0.2) is 54.0 Å². The smallest absolute Gasteiger partial charge is 0.162 e. The van der Waals surface area contributed by atoms with Crippen molar-refractivity contribution in [3.63, 3.8) is 0 Å². The van der Waals surface area contributed by atoms with Crippen LogP contribution in [0.15, 0.2) is 0 Å². The summed E-state index contributed by atoms with van der Waals surface area (Å²) in [5.74, 6) is -0.535. The Balaban J connectivity index is 2.41. The molecule has 0 spiro atoms. The van der Waals surface area contributed by atoms with Crippen molar-refractivity contribution in [1.82, 2.24) is 5.32 Å². The largest absolute Gasteiger partial charge is 0.394 e. The third kappa shape index (κ3) is 3.70. The quantitative estimate of drug-likeness (QED) is 0.593. The third-order valence-electron chi connectivity index (χ3n) is 2.51. The summed E-state index contributed by atoms with van der Waals surface area (Å²) in [4.78, 5) is 0. The zero-order valence-corrected chi connectivity index (χ0v) is 9.62. The highest BCUT2D eigenvalue weighted by Gasteiger charge is 2.32. The fourth-order valence-electron chi connectivity index (χ4n) is 1.41. The SMILES string of the molecule is CC(CO)(CO)NC1COC(C)(C)OC1. The Labute approximate surface area is 90.4 Å². The van der Waals surface area contributed by atoms with Gasteiger partial charge in [0.05, 0.1) is 38.0 Å². The van der Waals surface area contributed by atoms with Crippen LogP contribution in [0.2, 0.25) is 0 Å². The Bertz CT molecular complexity index is 194. The summed E-state index contributed by atoms with van der Waals surface area (Å²) in [6, 6.07) is 0.00215. The van der Waals surface area contributed by atoms with E-state index in [1.54, 1.807) is 6.92 Å². The Kier molecular flexibility index (Phi) is 4.08. The molecule has 0 atom stereocenters. The van der Waals surface area contributed by atoms with E-state index in [0.717, 1.165) is 0 Å². The Hall–Kier alpha value is -0.200. The van der Waals surface area contributed by atoms with Crippen molar-refractivity contribution in [2.24, 2.45) is 0 Å². The standard InChI is InChI=1S/C10H21NO4/c1-9(2)14-4-8(5-15-9)11-10(3,6-12)7-13/h8,11-13H,4-7H2,1-3H3. The van der Waals surface area contributed by atoms with Gasteiger partial charge in [-0.1, -0.05) is 0 Å². The van der Waals surface area contributed by atoms with Crippen LogP contribution in [0.3, 0.4) is 0 Å². The van der Waals surface area contributed by atoms with E-state index in [1.165, 1.54) is 0 Å². The van der Waals surface area contributed by atoms with Crippen LogP contribution < -0.4 is 5.32 Å². The zero-order chi connectivity index (χ0) is 11.5. The molecule has 1 heterocycles. The minimum absolute atomic E-state index is 0.00215. The summed E-state index contributed by atoms with van der Waals surface area (Å²) in [6.45, 7) is 6.27. The van der Waals surface area contributed by atoms with Crippen LogP contribution in [-0.2, 0) is 9.47 Å². The summed E-state index contributed by atoms with van der Waals surface area (Å²) in [5, 5.41) is 21.3. The molecule has 0 bridgehead atoms. The summed E-state index contributed by atoms with van der Waals surface area (Å²) < 4.78 is 10.9. The number of rotatable bonds is 4. The number of aliphatic hydroxyl groups excluding tert-OH is 2. The first-order valence-electron chi connectivity index (χ1n) is 5.18. The zero-order valence-electron chi connectivity index (χ0n) is 9.62. The topological polar surface area (TPSA) is 71.0 Å². The minimum atomic E-state index is -0.682. The van der Waals surface area contributed by atoms with Crippen LogP contribution >= 0.6 is 0 Å². The average Bonchev–Trinajstić information content (AvgIpc) is 2.21. The molecule has 0 saturated carbocycles. The third-order valence-corrected chi connectivity index (χ3v) is 2.51. The van der Waals surface area contributed by atoms with Gasteiger partial charge in [-0.3, -0.25) is 0 Å². The number of ether oxygens (including phenoxy) is 2. The predicted molar refractivity (Wildman–Crippen MR) is 55.5 cm³/mol. The van der Waals surface area contributed by atoms with E-state index in [4.69, 9.17) is 19.7 Å². The van der Waals surface area contributed by atoms with Crippen LogP contribution in [0.25, 0.3) is 0 Å². The Morgan fingerprint density at radius 3 is 2.13 bits per heavy atom. The lowest BCUT2D eigenvalue weighted by Crippen LogP contribution is -2.59. The summed E-state index contributed by atoms with van der Waals surface area (Å²) in [5.41, 5.74) is -0.682. The van der Waals surface area contributed by atoms with E-state index in [-0.39, 0.29) is 19.3 Å². The lowest BCUT2D eigenvalue weighted by atomic mass is 10.0. The maximum atomic E-state index is 9.11. The van der Waals surface area contributed by atoms with E-state index in [1.807, 2.05) is 13.8 Å². The fourth-order valence-corrected chi connectivity index (χ4v) is 1.41. The molecule has 1 saturated heterocycles. The molecule has 15 heavy (non-hydrogen) atoms. The van der Waals surface area contributed by atoms with Gasteiger partial charge < -0.3 is 25.0 Å². The van der Waals surface area contributed by atoms with Gasteiger partial charge in [0.15, 0.2) is 5.79 Å². The first-order chi connectivity index (χ1) is 6.91. The van der Waals surface area contributed by atoms with Crippen molar-refractivity contribution in [3.05, 3.63) is 0 Å². The predicted octanol–water partition coefficient (Wildman–Crippen LogP) is -0.529. The molecule has 0 radical (unpaired) electrons. The molecule has 0 aromatic carbocycles. The van der Waals surface area contributed by atoms with Crippen LogP contribution in [0, 0.1) is 0 Å². The highest BCUT2D eigenvalue weighted by atomic mass is 16.7. The molecular weight excluding hydrogens is 198 g/mol. The first kappa shape index (κ1) is 12.9. The van der Waals surface area contributed by atoms with Gasteiger partial charge in [0.25, 0.3) is 0 Å². The van der Waals surface area contributed by atoms with E-state index >= 15 is 0 Å². The second-order valence-electron chi connectivity index (χ2n) is 4.74. The van der Waals surface area contributed by atoms with E-state index in [9.17, 15) is 0 Å². The Morgan fingerprint density at radius 1 is 1.27 bits per heavy atom. The summed E-state index contributed by atoms with van der Waals surface area (Å²) >= 11 is 0. The molecular formula is C10H21NO4. The molecule has 0 aromatic rings. The molecule has 1 aliphatic heterocycles. The molecule has 5 nitrogen and oxygen atoms in total. The molecule has 3 N–H and O–H groups in total. The number of aliphatic hydroxyl groups is 2. The van der Waals surface area contributed by atoms with E-state index in [2.05, 4.69) is 5.32 Å². The average molecular weight is 219 g/mol. The van der Waals surface area contributed by atoms with Crippen LogP contribution in [0.4, 0.5) is 0 Å². The Morgan fingerprint density at radius 2 is 1.73 bits per heavy atom. The lowest BCUT2D eigenvalue weighted by Gasteiger charge is -2.39. The monoisotopic (exact) mass is 219 g/mol. The van der Waals surface area contributed by atoms with Gasteiger partial charge in [-0.25, -0.2) is 0 Å². The first-order valence-corrected chi connectivity index (χ1v) is 5.18. The molecule has 1 fully saturated rings. The summed E-state index contributed by atoms with van der Waals surface area (Å²) in [7, 11) is 0. The van der Waals surface area contributed by atoms with Crippen molar-refractivity contribution < 1.29 is 19.7 Å². The van der Waals surface area contributed by atoms with Gasteiger partial charge in [-0.05, 0) is 20.8 Å². The maximum Gasteiger partial charge on any atom is 0.162 e. The van der Waals surface area contributed by atoms with Gasteiger partial charge in [-0.15, -0.1) is 0 Å². The van der Waals surface area contributed by atoms with Crippen molar-refractivity contribution in [2.45, 2.75) is 38.1 Å². The second kappa shape index (κ2) is 4.76. The van der Waals surface area contributed by atoms with E-state index < -0.39 is 11.3 Å². The summed E-state index contributed by atoms with van der Waals surface area (Å²) in [6.07, 6.45) is 0. The van der Waals surface area contributed by atoms with Crippen molar-refractivity contribution in [3.8, 4) is 0 Å². The molecule has 1 aliphatic rings. The maximum absolute atomic E-state index is 9.11. The van der Waals surface area contributed by atoms with Crippen LogP contribution in [0.1, 0.15) is 20.8 Å². The highest BCUT2D eigenvalue weighted by molar-refractivity contribution is 4.87. The molecule has 1 rings (SSSR count). The molecule has 0 aromatic heterocycles. The molecule has 0 amide bonds. The number of nitrogens with one attached hydrogen (secondary N) is 1. The van der Waals surface area contributed by atoms with Crippen molar-refractivity contribution >= 4 is 0 Å². The molecule has 0 unspecified atom stereocenters. The van der Waals surface area contributed by atoms with Crippen molar-refractivity contribution in [2.75, 3.05) is 26.4 Å². The van der Waals surface area contributed by atoms with Crippen LogP contribution in [0.5, 0.6) is 0 Å². The molecule has 5 heteroatoms. The fraction of sp³-hybridized carbons (Fsp3) is 1.00. The molecule has 0 aliphatic carbocycles. The van der Waals surface area contributed by atoms with Gasteiger partial charge >= 0.3 is 0 Å². The highest BCUT2D eigenvalue weighted by Crippen LogP contribution is 2.18. The van der Waals surface area contributed by atoms with Gasteiger partial charge in [0.2, 0.25) is 0 Å².